The molecular weight excluding hydrogens is 158 g/mol. The molecule has 0 aromatic carbocycles. The van der Waals surface area contributed by atoms with E-state index in [4.69, 9.17) is 0 Å². The second-order valence-electron chi connectivity index (χ2n) is 2.69. The fourth-order valence-electron chi connectivity index (χ4n) is 1.28. The largest absolute Gasteiger partial charge is 0.502 e. The van der Waals surface area contributed by atoms with E-state index in [1.165, 1.54) is 6.08 Å². The van der Waals surface area contributed by atoms with Crippen molar-refractivity contribution in [3.8, 4) is 0 Å². The molecule has 0 aromatic heterocycles. The van der Waals surface area contributed by atoms with Gasteiger partial charge in [0.25, 0.3) is 0 Å². The van der Waals surface area contributed by atoms with Crippen LogP contribution in [0.5, 0.6) is 0 Å². The van der Waals surface area contributed by atoms with E-state index < -0.39 is 4.92 Å². The van der Waals surface area contributed by atoms with Gasteiger partial charge in [-0.1, -0.05) is 6.92 Å². The molecule has 0 saturated carbocycles. The lowest BCUT2D eigenvalue weighted by Gasteiger charge is -2.10. The molecule has 12 heavy (non-hydrogen) atoms. The minimum atomic E-state index is -0.538. The predicted octanol–water partition coefficient (Wildman–Crippen LogP) is 2.16. The molecule has 4 heteroatoms. The Hall–Kier alpha value is -1.32. The fraction of sp³-hybridized carbons (Fsp3) is 0.500. The summed E-state index contributed by atoms with van der Waals surface area (Å²) < 4.78 is 0. The molecule has 0 spiro atoms. The number of rotatable bonds is 2. The number of aliphatic hydroxyl groups excluding tert-OH is 1. The molecule has 0 unspecified atom stereocenters. The molecule has 0 fully saturated rings. The lowest BCUT2D eigenvalue weighted by molar-refractivity contribution is -0.424. The van der Waals surface area contributed by atoms with Crippen LogP contribution in [0.3, 0.4) is 0 Å². The second-order valence-corrected chi connectivity index (χ2v) is 2.69. The summed E-state index contributed by atoms with van der Waals surface area (Å²) in [5, 5.41) is 19.7. The summed E-state index contributed by atoms with van der Waals surface area (Å²) in [6.45, 7) is 1.88. The zero-order chi connectivity index (χ0) is 9.14. The standard InChI is InChI=1S/C8H11NO3/c1-2-6-4-3-5-7(8(6)10)9(11)12/h5,10H,2-4H2,1H3. The van der Waals surface area contributed by atoms with Gasteiger partial charge in [-0.15, -0.1) is 0 Å². The molecule has 0 bridgehead atoms. The molecule has 0 radical (unpaired) electrons. The topological polar surface area (TPSA) is 63.4 Å². The van der Waals surface area contributed by atoms with Gasteiger partial charge in [-0.3, -0.25) is 10.1 Å². The van der Waals surface area contributed by atoms with E-state index in [1.54, 1.807) is 0 Å². The molecule has 0 aliphatic heterocycles. The Kier molecular flexibility index (Phi) is 2.47. The van der Waals surface area contributed by atoms with Gasteiger partial charge in [-0.2, -0.15) is 0 Å². The van der Waals surface area contributed by atoms with Crippen molar-refractivity contribution in [3.63, 3.8) is 0 Å². The van der Waals surface area contributed by atoms with Crippen molar-refractivity contribution in [2.24, 2.45) is 0 Å². The number of allylic oxidation sites excluding steroid dienone is 2. The Bertz CT molecular complexity index is 265. The highest BCUT2D eigenvalue weighted by Gasteiger charge is 2.22. The number of nitro groups is 1. The number of aliphatic hydroxyl groups is 1. The Morgan fingerprint density at radius 3 is 2.92 bits per heavy atom. The zero-order valence-electron chi connectivity index (χ0n) is 6.91. The van der Waals surface area contributed by atoms with E-state index >= 15 is 0 Å². The predicted molar refractivity (Wildman–Crippen MR) is 44.3 cm³/mol. The molecule has 0 amide bonds. The molecule has 0 aromatic rings. The van der Waals surface area contributed by atoms with E-state index in [0.717, 1.165) is 12.0 Å². The third-order valence-electron chi connectivity index (χ3n) is 1.98. The maximum atomic E-state index is 10.4. The maximum absolute atomic E-state index is 10.4. The normalized spacial score (nSPS) is 17.6. The van der Waals surface area contributed by atoms with E-state index in [0.29, 0.717) is 12.8 Å². The summed E-state index contributed by atoms with van der Waals surface area (Å²) in [5.41, 5.74) is 0.641. The Morgan fingerprint density at radius 1 is 1.75 bits per heavy atom. The van der Waals surface area contributed by atoms with E-state index in [1.807, 2.05) is 6.92 Å². The van der Waals surface area contributed by atoms with Crippen LogP contribution in [-0.4, -0.2) is 10.0 Å². The van der Waals surface area contributed by atoms with Gasteiger partial charge in [0, 0.05) is 0 Å². The fourth-order valence-corrected chi connectivity index (χ4v) is 1.28. The molecule has 1 rings (SSSR count). The van der Waals surface area contributed by atoms with Crippen LogP contribution in [0.25, 0.3) is 0 Å². The monoisotopic (exact) mass is 169 g/mol. The summed E-state index contributed by atoms with van der Waals surface area (Å²) in [7, 11) is 0. The van der Waals surface area contributed by atoms with E-state index in [-0.39, 0.29) is 11.5 Å². The van der Waals surface area contributed by atoms with Gasteiger partial charge < -0.3 is 5.11 Å². The molecule has 1 N–H and O–H groups in total. The Balaban J connectivity index is 2.97. The molecule has 1 aliphatic carbocycles. The van der Waals surface area contributed by atoms with Crippen LogP contribution in [0.2, 0.25) is 0 Å². The van der Waals surface area contributed by atoms with Crippen LogP contribution in [0, 0.1) is 10.1 Å². The first-order chi connectivity index (χ1) is 5.66. The maximum Gasteiger partial charge on any atom is 0.306 e. The summed E-state index contributed by atoms with van der Waals surface area (Å²) in [5.74, 6) is -0.131. The number of hydrogen-bond acceptors (Lipinski definition) is 3. The first-order valence-corrected chi connectivity index (χ1v) is 3.92. The first kappa shape index (κ1) is 8.77. The molecule has 0 atom stereocenters. The summed E-state index contributed by atoms with van der Waals surface area (Å²) in [4.78, 5) is 9.83. The SMILES string of the molecule is CCC1=C(O)C([N+](=O)[O-])=CCC1. The third kappa shape index (κ3) is 1.47. The summed E-state index contributed by atoms with van der Waals surface area (Å²) in [6.07, 6.45) is 3.54. The highest BCUT2D eigenvalue weighted by Crippen LogP contribution is 2.25. The lowest BCUT2D eigenvalue weighted by atomic mass is 9.99. The van der Waals surface area contributed by atoms with Crippen LogP contribution in [0.4, 0.5) is 0 Å². The van der Waals surface area contributed by atoms with Gasteiger partial charge in [0.05, 0.1) is 4.92 Å². The first-order valence-electron chi connectivity index (χ1n) is 3.92. The summed E-state index contributed by atoms with van der Waals surface area (Å²) >= 11 is 0. The highest BCUT2D eigenvalue weighted by atomic mass is 16.6. The average molecular weight is 169 g/mol. The van der Waals surface area contributed by atoms with Crippen molar-refractivity contribution in [2.45, 2.75) is 26.2 Å². The molecule has 0 heterocycles. The van der Waals surface area contributed by atoms with Crippen molar-refractivity contribution >= 4 is 0 Å². The van der Waals surface area contributed by atoms with Crippen LogP contribution in [0.15, 0.2) is 23.1 Å². The average Bonchev–Trinajstić information content (AvgIpc) is 2.04. The van der Waals surface area contributed by atoms with Crippen molar-refractivity contribution in [3.05, 3.63) is 33.2 Å². The highest BCUT2D eigenvalue weighted by molar-refractivity contribution is 5.28. The van der Waals surface area contributed by atoms with Gasteiger partial charge in [0.1, 0.15) is 0 Å². The van der Waals surface area contributed by atoms with Crippen molar-refractivity contribution in [1.29, 1.82) is 0 Å². The Morgan fingerprint density at radius 2 is 2.42 bits per heavy atom. The van der Waals surface area contributed by atoms with Crippen molar-refractivity contribution in [1.82, 2.24) is 0 Å². The smallest absolute Gasteiger partial charge is 0.306 e. The van der Waals surface area contributed by atoms with Gasteiger partial charge >= 0.3 is 5.70 Å². The second kappa shape index (κ2) is 3.38. The van der Waals surface area contributed by atoms with Crippen LogP contribution >= 0.6 is 0 Å². The van der Waals surface area contributed by atoms with Gasteiger partial charge in [0.2, 0.25) is 0 Å². The van der Waals surface area contributed by atoms with Crippen LogP contribution in [-0.2, 0) is 0 Å². The number of hydrogen-bond donors (Lipinski definition) is 1. The molecule has 4 nitrogen and oxygen atoms in total. The lowest BCUT2D eigenvalue weighted by Crippen LogP contribution is -2.08. The third-order valence-corrected chi connectivity index (χ3v) is 1.98. The van der Waals surface area contributed by atoms with Gasteiger partial charge in [-0.25, -0.2) is 0 Å². The van der Waals surface area contributed by atoms with Crippen LogP contribution in [0.1, 0.15) is 26.2 Å². The summed E-state index contributed by atoms with van der Waals surface area (Å²) in [6, 6.07) is 0. The quantitative estimate of drug-likeness (QED) is 0.509. The number of nitrogens with zero attached hydrogens (tertiary/aromatic N) is 1. The van der Waals surface area contributed by atoms with Crippen LogP contribution < -0.4 is 0 Å². The molecule has 1 aliphatic rings. The Labute approximate surface area is 70.4 Å². The van der Waals surface area contributed by atoms with E-state index in [2.05, 4.69) is 0 Å². The van der Waals surface area contributed by atoms with Gasteiger partial charge in [0.15, 0.2) is 5.76 Å². The molecular formula is C8H11NO3. The molecule has 0 saturated heterocycles. The van der Waals surface area contributed by atoms with Crippen molar-refractivity contribution in [2.75, 3.05) is 0 Å². The van der Waals surface area contributed by atoms with Crippen molar-refractivity contribution < 1.29 is 10.0 Å². The minimum absolute atomic E-state index is 0.131. The molecule has 66 valence electrons. The van der Waals surface area contributed by atoms with E-state index in [9.17, 15) is 15.2 Å². The van der Waals surface area contributed by atoms with Gasteiger partial charge in [-0.05, 0) is 30.9 Å². The zero-order valence-corrected chi connectivity index (χ0v) is 6.91. The minimum Gasteiger partial charge on any atom is -0.502 e.